The summed E-state index contributed by atoms with van der Waals surface area (Å²) in [4.78, 5) is 31.7. The van der Waals surface area contributed by atoms with Crippen LogP contribution in [0.3, 0.4) is 0 Å². The van der Waals surface area contributed by atoms with Gasteiger partial charge in [-0.1, -0.05) is 37.6 Å². The molecule has 1 aromatic rings. The number of sulfonamides is 1. The fourth-order valence-corrected chi connectivity index (χ4v) is 14.6. The van der Waals surface area contributed by atoms with Gasteiger partial charge in [-0.3, -0.25) is 9.59 Å². The molecule has 0 radical (unpaired) electrons. The lowest BCUT2D eigenvalue weighted by Crippen LogP contribution is -2.59. The van der Waals surface area contributed by atoms with Gasteiger partial charge in [0, 0.05) is 51.3 Å². The van der Waals surface area contributed by atoms with Crippen molar-refractivity contribution < 1.29 is 55.9 Å². The summed E-state index contributed by atoms with van der Waals surface area (Å²) in [6, 6.07) is 6.56. The van der Waals surface area contributed by atoms with E-state index in [-0.39, 0.29) is 89.3 Å². The van der Waals surface area contributed by atoms with E-state index < -0.39 is 58.8 Å². The predicted molar refractivity (Wildman–Crippen MR) is 233 cm³/mol. The lowest BCUT2D eigenvalue weighted by atomic mass is 9.66. The van der Waals surface area contributed by atoms with E-state index in [1.165, 1.54) is 0 Å². The maximum atomic E-state index is 15.2. The van der Waals surface area contributed by atoms with Gasteiger partial charge in [0.1, 0.15) is 24.4 Å². The minimum Gasteiger partial charge on any atom is -0.462 e. The molecule has 4 unspecified atom stereocenters. The molecule has 0 bridgehead atoms. The van der Waals surface area contributed by atoms with E-state index in [4.69, 9.17) is 37.9 Å². The SMILES string of the molecule is CC[C@H]1CCC[C@H](O[C@H]2CC[C@H](N(C)C)C(C)O2)[C@@H](C)C(=O)C2=C[C@H]3[C@@H]4C[C@H](O[C@@H]5OC(C)[C@H](OC)[C@@H](OC)C5OC)C[C@H]4[C@H]4[C@@H]([C@H]3[C@@H]2CC(=O)O1)N4S(=O)(=O)c1ccc(C)cc1. The predicted octanol–water partition coefficient (Wildman–Crippen LogP) is 5.68. The van der Waals surface area contributed by atoms with Gasteiger partial charge < -0.3 is 42.8 Å². The van der Waals surface area contributed by atoms with Crippen LogP contribution in [0.2, 0.25) is 0 Å². The highest BCUT2D eigenvalue weighted by atomic mass is 32.2. The van der Waals surface area contributed by atoms with Crippen molar-refractivity contribution in [1.82, 2.24) is 9.21 Å². The van der Waals surface area contributed by atoms with E-state index in [1.807, 2.05) is 39.8 Å². The number of aryl methyl sites for hydroxylation is 1. The van der Waals surface area contributed by atoms with Crippen LogP contribution in [0, 0.1) is 42.4 Å². The Morgan fingerprint density at radius 1 is 0.825 bits per heavy atom. The number of ketones is 1. The molecule has 1 aromatic carbocycles. The molecule has 7 aliphatic rings. The number of benzene rings is 1. The standard InChI is InChI=1S/C48H72N2O12S/c1-11-29-13-12-14-38(62-40-20-19-37(49(6)7)27(4)58-40)26(3)44(52)36-23-33-32-21-30(61-48-47(57-10)46(56-9)45(55-8)28(5)59-48)22-35(32)42-43(41(33)34(36)24-39(51)60-29)50(42)63(53,54)31-17-15-25(2)16-18-31/h15-18,23,26-30,32-35,37-38,40-43,45-48H,11-14,19-22,24H2,1-10H3/t26-,27?,28?,29+,30+,32+,33+,34-,35-,37+,38+,40+,41-,42+,43-,45+,46-,47?,48+,50?/m1/s1. The van der Waals surface area contributed by atoms with Crippen molar-refractivity contribution in [3.63, 3.8) is 0 Å². The highest BCUT2D eigenvalue weighted by molar-refractivity contribution is 7.89. The summed E-state index contributed by atoms with van der Waals surface area (Å²) < 4.78 is 81.4. The number of cyclic esters (lactones) is 1. The van der Waals surface area contributed by atoms with Crippen molar-refractivity contribution in [2.45, 2.75) is 177 Å². The van der Waals surface area contributed by atoms with E-state index in [9.17, 15) is 13.2 Å². The Kier molecular flexibility index (Phi) is 14.3. The fourth-order valence-electron chi connectivity index (χ4n) is 12.7. The molecule has 4 heterocycles. The molecule has 4 saturated heterocycles. The fraction of sp³-hybridized carbons (Fsp3) is 0.792. The van der Waals surface area contributed by atoms with Gasteiger partial charge in [0.05, 0.1) is 35.7 Å². The van der Waals surface area contributed by atoms with Crippen LogP contribution in [-0.2, 0) is 57.5 Å². The molecule has 2 saturated carbocycles. The molecule has 63 heavy (non-hydrogen) atoms. The van der Waals surface area contributed by atoms with Crippen LogP contribution in [-0.4, -0.2) is 144 Å². The van der Waals surface area contributed by atoms with Gasteiger partial charge in [-0.25, -0.2) is 8.42 Å². The smallest absolute Gasteiger partial charge is 0.306 e. The van der Waals surface area contributed by atoms with Gasteiger partial charge in [0.2, 0.25) is 10.0 Å². The first-order valence-corrected chi connectivity index (χ1v) is 25.0. The van der Waals surface area contributed by atoms with Gasteiger partial charge >= 0.3 is 5.97 Å². The molecule has 0 amide bonds. The minimum atomic E-state index is -3.94. The molecule has 20 atom stereocenters. The van der Waals surface area contributed by atoms with Crippen LogP contribution in [0.1, 0.15) is 91.0 Å². The monoisotopic (exact) mass is 900 g/mol. The zero-order valence-electron chi connectivity index (χ0n) is 38.9. The molecular formula is C48H72N2O12S. The third-order valence-electron chi connectivity index (χ3n) is 15.9. The molecule has 15 heteroatoms. The topological polar surface area (TPSA) is 148 Å². The maximum absolute atomic E-state index is 15.2. The lowest BCUT2D eigenvalue weighted by Gasteiger charge is -2.44. The number of carbonyl (C=O) groups excluding carboxylic acids is 2. The van der Waals surface area contributed by atoms with E-state index in [0.717, 1.165) is 24.8 Å². The maximum Gasteiger partial charge on any atom is 0.306 e. The first kappa shape index (κ1) is 47.2. The number of hydrogen-bond donors (Lipinski definition) is 0. The number of carbonyl (C=O) groups is 2. The van der Waals surface area contributed by atoms with Gasteiger partial charge in [0.15, 0.2) is 18.4 Å². The van der Waals surface area contributed by atoms with Crippen LogP contribution in [0.5, 0.6) is 0 Å². The molecule has 0 spiro atoms. The summed E-state index contributed by atoms with van der Waals surface area (Å²) in [6.45, 7) is 9.93. The second-order valence-corrected chi connectivity index (χ2v) is 21.6. The van der Waals surface area contributed by atoms with Crippen LogP contribution in [0.4, 0.5) is 0 Å². The Morgan fingerprint density at radius 3 is 2.17 bits per heavy atom. The van der Waals surface area contributed by atoms with E-state index in [0.29, 0.717) is 37.7 Å². The first-order valence-electron chi connectivity index (χ1n) is 23.5. The summed E-state index contributed by atoms with van der Waals surface area (Å²) in [6.07, 6.45) is 3.84. The summed E-state index contributed by atoms with van der Waals surface area (Å²) in [5, 5.41) is 0. The van der Waals surface area contributed by atoms with Crippen molar-refractivity contribution in [3.8, 4) is 0 Å². The van der Waals surface area contributed by atoms with Crippen molar-refractivity contribution in [2.24, 2.45) is 35.5 Å². The molecule has 3 aliphatic carbocycles. The number of allylic oxidation sites excluding steroid dienone is 2. The van der Waals surface area contributed by atoms with Crippen molar-refractivity contribution >= 4 is 21.8 Å². The number of hydrogen-bond acceptors (Lipinski definition) is 13. The highest BCUT2D eigenvalue weighted by Crippen LogP contribution is 2.65. The molecule has 0 aromatic heterocycles. The largest absolute Gasteiger partial charge is 0.462 e. The molecule has 14 nitrogen and oxygen atoms in total. The molecule has 6 fully saturated rings. The summed E-state index contributed by atoms with van der Waals surface area (Å²) >= 11 is 0. The molecule has 0 N–H and O–H groups in total. The van der Waals surface area contributed by atoms with Crippen molar-refractivity contribution in [1.29, 1.82) is 0 Å². The van der Waals surface area contributed by atoms with Crippen molar-refractivity contribution in [3.05, 3.63) is 41.5 Å². The second-order valence-electron chi connectivity index (χ2n) is 19.7. The number of esters is 1. The lowest BCUT2D eigenvalue weighted by molar-refractivity contribution is -0.314. The van der Waals surface area contributed by atoms with E-state index in [2.05, 4.69) is 32.0 Å². The minimum absolute atomic E-state index is 0.00398. The van der Waals surface area contributed by atoms with Crippen LogP contribution < -0.4 is 0 Å². The Bertz CT molecular complexity index is 1930. The summed E-state index contributed by atoms with van der Waals surface area (Å²) in [7, 11) is 5.06. The Hall–Kier alpha value is -2.31. The highest BCUT2D eigenvalue weighted by Gasteiger charge is 2.72. The zero-order chi connectivity index (χ0) is 45.1. The number of fused-ring (bicyclic) bond motifs is 8. The van der Waals surface area contributed by atoms with Crippen LogP contribution in [0.15, 0.2) is 40.8 Å². The second kappa shape index (κ2) is 19.1. The van der Waals surface area contributed by atoms with E-state index in [1.54, 1.807) is 37.8 Å². The Balaban J connectivity index is 1.13. The van der Waals surface area contributed by atoms with Crippen molar-refractivity contribution in [2.75, 3.05) is 35.4 Å². The number of ether oxygens (including phenoxy) is 8. The van der Waals surface area contributed by atoms with Crippen LogP contribution in [0.25, 0.3) is 0 Å². The van der Waals surface area contributed by atoms with Gasteiger partial charge in [-0.2, -0.15) is 4.31 Å². The number of nitrogens with zero attached hydrogens (tertiary/aromatic N) is 2. The molecule has 4 aliphatic heterocycles. The molecule has 8 rings (SSSR count). The average Bonchev–Trinajstić information content (AvgIpc) is 3.69. The van der Waals surface area contributed by atoms with E-state index >= 15 is 4.79 Å². The number of rotatable bonds is 11. The van der Waals surface area contributed by atoms with Crippen LogP contribution >= 0.6 is 0 Å². The number of likely N-dealkylation sites (N-methyl/N-ethyl adjacent to an activating group) is 1. The van der Waals surface area contributed by atoms with Gasteiger partial charge in [-0.15, -0.1) is 0 Å². The summed E-state index contributed by atoms with van der Waals surface area (Å²) in [5.74, 6) is -1.97. The third kappa shape index (κ3) is 8.99. The average molecular weight is 901 g/mol. The molecular weight excluding hydrogens is 829 g/mol. The summed E-state index contributed by atoms with van der Waals surface area (Å²) in [5.41, 5.74) is 1.57. The normalized spacial score (nSPS) is 44.3. The zero-order valence-corrected chi connectivity index (χ0v) is 39.7. The van der Waals surface area contributed by atoms with Gasteiger partial charge in [-0.05, 0) is 128 Å². The van der Waals surface area contributed by atoms with Gasteiger partial charge in [0.25, 0.3) is 0 Å². The first-order chi connectivity index (χ1) is 30.1. The quantitative estimate of drug-likeness (QED) is 0.198. The third-order valence-corrected chi connectivity index (χ3v) is 17.9. The Morgan fingerprint density at radius 2 is 1.52 bits per heavy atom. The Labute approximate surface area is 375 Å². The number of Topliss-reactive ketones (excluding diaryl/α,β-unsaturated/α-hetero) is 1. The number of methoxy groups -OCH3 is 3. The molecule has 352 valence electrons.